The van der Waals surface area contributed by atoms with E-state index in [1.54, 1.807) is 96.6 Å². The van der Waals surface area contributed by atoms with Crippen molar-refractivity contribution >= 4 is 116 Å². The van der Waals surface area contributed by atoms with Gasteiger partial charge in [0.15, 0.2) is 0 Å². The van der Waals surface area contributed by atoms with Crippen LogP contribution in [-0.4, -0.2) is 189 Å². The highest BCUT2D eigenvalue weighted by molar-refractivity contribution is 8.04. The molecule has 101 heavy (non-hydrogen) atoms. The van der Waals surface area contributed by atoms with Crippen LogP contribution in [0.3, 0.4) is 0 Å². The van der Waals surface area contributed by atoms with Crippen molar-refractivity contribution in [1.29, 1.82) is 0 Å². The number of carboxylic acid groups (broad SMARTS) is 2. The minimum Gasteiger partial charge on any atom is -0.481 e. The molecule has 14 N–H and O–H groups in total. The first-order chi connectivity index (χ1) is 48.5. The van der Waals surface area contributed by atoms with Gasteiger partial charge in [-0.2, -0.15) is 23.5 Å². The second-order valence-electron chi connectivity index (χ2n) is 24.4. The average molecular weight is 1440 g/mol. The van der Waals surface area contributed by atoms with Gasteiger partial charge in [-0.05, 0) is 111 Å². The SMILES string of the molecule is CCC(CSC1CCC1SCC(CC(=O)CCOCCC(C)=O)C(=O)NCCOCCOC(=O)[C@@H](CCC(=O)O)NC(=O)c1ccc(CCc2c[nH]c3cc(N)[nH]c(=O)c23)cc1)C(=O)NCCOCCOC(=O)[C@@H](CCC(=O)O)NC(=O)c1ccc(CCc2c[nH]c3cc(N)[nH]c(=O)c23)cc1. The van der Waals surface area contributed by atoms with Crippen LogP contribution < -0.4 is 43.9 Å². The molecular weight excluding hydrogens is 1350 g/mol. The molecule has 4 unspecified atom stereocenters. The molecule has 4 amide bonds. The Morgan fingerprint density at radius 3 is 1.41 bits per heavy atom. The van der Waals surface area contributed by atoms with Gasteiger partial charge in [0.1, 0.15) is 48.5 Å². The molecule has 1 saturated carbocycles. The van der Waals surface area contributed by atoms with E-state index in [1.807, 2.05) is 6.92 Å². The van der Waals surface area contributed by atoms with E-state index < -0.39 is 66.5 Å². The number of Topliss-reactive ketones (excluding diaryl/α,β-unsaturated/α-hetero) is 2. The zero-order chi connectivity index (χ0) is 72.8. The highest BCUT2D eigenvalue weighted by atomic mass is 32.2. The number of aliphatic carboxylic acids is 2. The van der Waals surface area contributed by atoms with Crippen LogP contribution in [0.25, 0.3) is 21.8 Å². The van der Waals surface area contributed by atoms with Crippen LogP contribution in [0.2, 0.25) is 0 Å². The summed E-state index contributed by atoms with van der Waals surface area (Å²) in [6.45, 7) is 3.46. The zero-order valence-corrected chi connectivity index (χ0v) is 58.2. The number of amides is 4. The molecule has 7 rings (SSSR count). The number of carbonyl (C=O) groups excluding carboxylic acids is 8. The van der Waals surface area contributed by atoms with Crippen LogP contribution in [0.15, 0.2) is 82.6 Å². The fourth-order valence-electron chi connectivity index (χ4n) is 11.0. The van der Waals surface area contributed by atoms with Crippen molar-refractivity contribution in [3.05, 3.63) is 127 Å². The Hall–Kier alpha value is -9.30. The molecule has 2 aromatic carbocycles. The number of thioether (sulfide) groups is 2. The lowest BCUT2D eigenvalue weighted by Gasteiger charge is -2.37. The monoisotopic (exact) mass is 1440 g/mol. The molecule has 0 bridgehead atoms. The number of hydrogen-bond donors (Lipinski definition) is 12. The number of hydrogen-bond acceptors (Lipinski definition) is 21. The summed E-state index contributed by atoms with van der Waals surface area (Å²) >= 11 is 3.28. The van der Waals surface area contributed by atoms with E-state index in [-0.39, 0.29) is 172 Å². The van der Waals surface area contributed by atoms with E-state index in [0.717, 1.165) is 35.1 Å². The van der Waals surface area contributed by atoms with E-state index in [4.69, 9.17) is 35.2 Å². The largest absolute Gasteiger partial charge is 0.481 e. The summed E-state index contributed by atoms with van der Waals surface area (Å²) in [5.74, 6) is -5.63. The number of aromatic amines is 4. The van der Waals surface area contributed by atoms with Gasteiger partial charge in [0, 0.05) is 109 Å². The Balaban J connectivity index is 0.778. The molecule has 1 aliphatic carbocycles. The Morgan fingerprint density at radius 1 is 0.554 bits per heavy atom. The standard InChI is InChI=1S/C70H90N10O19S2/c1-3-44(63(87)73-24-28-96-30-32-98-69(93)51(16-20-59(83)84)77-65(89)45-10-4-42(5-11-45)8-14-47-37-75-53-35-57(71)79-67(91)61(47)53)39-100-55-18-19-56(55)101-40-49(34-50(82)23-27-95-26-22-41(2)81)64(88)74-25-29-97-31-33-99-70(94)52(17-21-60(85)86)78-66(90)46-12-6-43(7-13-46)9-15-48-38-76-54-36-58(72)80-68(92)62(48)54/h4-7,10-13,35-38,44,49,51-52,55-56,75-76H,3,8-9,14-34,39-40H2,1-2H3,(H,73,87)(H,74,88)(H,77,89)(H,78,90)(H,83,84)(H,85,86)(H3,71,79,91)(H3,72,80,92)/t44?,49?,51-,52-,55?,56?/m1/s1. The van der Waals surface area contributed by atoms with Crippen molar-refractivity contribution < 1.29 is 81.8 Å². The molecule has 0 saturated heterocycles. The number of carboxylic acids is 2. The highest BCUT2D eigenvalue weighted by Gasteiger charge is 2.35. The van der Waals surface area contributed by atoms with E-state index in [0.29, 0.717) is 65.4 Å². The number of benzene rings is 2. The normalized spacial score (nSPS) is 14.6. The molecule has 4 heterocycles. The summed E-state index contributed by atoms with van der Waals surface area (Å²) in [6.07, 6.45) is 6.98. The Labute approximate surface area is 590 Å². The second-order valence-corrected chi connectivity index (χ2v) is 27.0. The molecule has 546 valence electrons. The summed E-state index contributed by atoms with van der Waals surface area (Å²) in [5, 5.41) is 31.0. The van der Waals surface area contributed by atoms with Gasteiger partial charge in [0.25, 0.3) is 22.9 Å². The lowest BCUT2D eigenvalue weighted by Crippen LogP contribution is -2.42. The van der Waals surface area contributed by atoms with Crippen LogP contribution in [0.5, 0.6) is 0 Å². The van der Waals surface area contributed by atoms with Gasteiger partial charge >= 0.3 is 23.9 Å². The van der Waals surface area contributed by atoms with E-state index in [1.165, 1.54) is 6.92 Å². The number of esters is 2. The topological polar surface area (TPSA) is 455 Å². The van der Waals surface area contributed by atoms with Gasteiger partial charge < -0.3 is 86.6 Å². The number of H-pyrrole nitrogens is 4. The third kappa shape index (κ3) is 26.0. The molecule has 31 heteroatoms. The predicted octanol–water partition coefficient (Wildman–Crippen LogP) is 4.72. The molecule has 29 nitrogen and oxygen atoms in total. The van der Waals surface area contributed by atoms with Gasteiger partial charge in [-0.15, -0.1) is 0 Å². The summed E-state index contributed by atoms with van der Waals surface area (Å²) in [5.41, 5.74) is 16.0. The van der Waals surface area contributed by atoms with Gasteiger partial charge in [-0.3, -0.25) is 47.9 Å². The number of aryl methyl sites for hydroxylation is 4. The molecule has 1 aliphatic rings. The van der Waals surface area contributed by atoms with Crippen LogP contribution in [0, 0.1) is 11.8 Å². The molecule has 6 atom stereocenters. The number of nitrogens with one attached hydrogen (secondary N) is 8. The lowest BCUT2D eigenvalue weighted by atomic mass is 9.99. The Bertz CT molecular complexity index is 3930. The fourth-order valence-corrected chi connectivity index (χ4v) is 14.4. The van der Waals surface area contributed by atoms with Crippen molar-refractivity contribution in [2.45, 2.75) is 126 Å². The molecule has 4 aromatic heterocycles. The summed E-state index contributed by atoms with van der Waals surface area (Å²) in [6, 6.07) is 14.1. The molecule has 0 radical (unpaired) electrons. The molecular formula is C70H90N10O19S2. The van der Waals surface area contributed by atoms with E-state index in [2.05, 4.69) is 41.2 Å². The number of nitrogens with two attached hydrogens (primary N) is 2. The number of aromatic nitrogens is 4. The van der Waals surface area contributed by atoms with Crippen molar-refractivity contribution in [3.8, 4) is 0 Å². The number of ketones is 2. The molecule has 1 fully saturated rings. The zero-order valence-electron chi connectivity index (χ0n) is 56.6. The average Bonchev–Trinajstić information content (AvgIpc) is 1.68. The van der Waals surface area contributed by atoms with Crippen molar-refractivity contribution in [2.75, 3.05) is 88.9 Å². The number of carbonyl (C=O) groups is 10. The predicted molar refractivity (Wildman–Crippen MR) is 380 cm³/mol. The van der Waals surface area contributed by atoms with Gasteiger partial charge in [0.2, 0.25) is 11.8 Å². The van der Waals surface area contributed by atoms with E-state index >= 15 is 0 Å². The van der Waals surface area contributed by atoms with Gasteiger partial charge in [-0.1, -0.05) is 31.2 Å². The fraction of sp³-hybridized carbons (Fsp3) is 0.486. The number of fused-ring (bicyclic) bond motifs is 2. The number of ether oxygens (including phenoxy) is 5. The van der Waals surface area contributed by atoms with Crippen molar-refractivity contribution in [1.82, 2.24) is 41.2 Å². The van der Waals surface area contributed by atoms with Crippen molar-refractivity contribution in [3.63, 3.8) is 0 Å². The number of anilines is 2. The van der Waals surface area contributed by atoms with Crippen LogP contribution in [-0.2, 0) is 87.7 Å². The third-order valence-electron chi connectivity index (χ3n) is 16.9. The van der Waals surface area contributed by atoms with Crippen LogP contribution in [0.1, 0.15) is 121 Å². The van der Waals surface area contributed by atoms with Crippen LogP contribution >= 0.6 is 23.5 Å². The Kier molecular flexibility index (Phi) is 31.9. The third-order valence-corrected chi connectivity index (χ3v) is 20.2. The molecule has 6 aromatic rings. The smallest absolute Gasteiger partial charge is 0.328 e. The minimum absolute atomic E-state index is 0.0194. The molecule has 0 aliphatic heterocycles. The number of pyridine rings is 2. The number of rotatable bonds is 47. The highest BCUT2D eigenvalue weighted by Crippen LogP contribution is 2.42. The quantitative estimate of drug-likeness (QED) is 0.0181. The number of nitrogen functional groups attached to an aromatic ring is 2. The van der Waals surface area contributed by atoms with Crippen LogP contribution in [0.4, 0.5) is 11.6 Å². The Morgan fingerprint density at radius 2 is 0.980 bits per heavy atom. The summed E-state index contributed by atoms with van der Waals surface area (Å²) in [4.78, 5) is 164. The first-order valence-corrected chi connectivity index (χ1v) is 35.7. The first kappa shape index (κ1) is 79.0. The maximum Gasteiger partial charge on any atom is 0.328 e. The van der Waals surface area contributed by atoms with Gasteiger partial charge in [-0.25, -0.2) is 9.59 Å². The summed E-state index contributed by atoms with van der Waals surface area (Å²) < 4.78 is 27.4. The minimum atomic E-state index is -1.29. The van der Waals surface area contributed by atoms with Gasteiger partial charge in [0.05, 0.1) is 67.4 Å². The molecule has 0 spiro atoms. The van der Waals surface area contributed by atoms with Crippen molar-refractivity contribution in [2.24, 2.45) is 11.8 Å². The van der Waals surface area contributed by atoms with E-state index in [9.17, 15) is 67.7 Å². The maximum atomic E-state index is 13.7. The second kappa shape index (κ2) is 40.8. The lowest BCUT2D eigenvalue weighted by molar-refractivity contribution is -0.149. The maximum absolute atomic E-state index is 13.7. The summed E-state index contributed by atoms with van der Waals surface area (Å²) in [7, 11) is 0. The first-order valence-electron chi connectivity index (χ1n) is 33.6.